The van der Waals surface area contributed by atoms with Crippen molar-refractivity contribution in [2.45, 2.75) is 19.4 Å². The Kier molecular flexibility index (Phi) is 3.89. The van der Waals surface area contributed by atoms with Crippen LogP contribution in [-0.4, -0.2) is 0 Å². The Morgan fingerprint density at radius 3 is 2.43 bits per heavy atom. The summed E-state index contributed by atoms with van der Waals surface area (Å²) in [6.07, 6.45) is 0.887. The molecule has 0 fully saturated rings. The molecule has 3 rings (SSSR count). The van der Waals surface area contributed by atoms with E-state index in [2.05, 4.69) is 31.2 Å². The maximum atomic E-state index is 6.16. The van der Waals surface area contributed by atoms with Crippen LogP contribution in [0.5, 0.6) is 11.5 Å². The van der Waals surface area contributed by atoms with Crippen LogP contribution in [0.3, 0.4) is 0 Å². The first-order valence-electron chi connectivity index (χ1n) is 7.29. The number of fused-ring (bicyclic) bond motifs is 1. The van der Waals surface area contributed by atoms with Gasteiger partial charge in [-0.25, -0.2) is 0 Å². The molecule has 3 aromatic carbocycles. The lowest BCUT2D eigenvalue weighted by Gasteiger charge is -2.15. The van der Waals surface area contributed by atoms with E-state index in [9.17, 15) is 0 Å². The molecule has 0 heterocycles. The van der Waals surface area contributed by atoms with Gasteiger partial charge in [0.25, 0.3) is 0 Å². The second kappa shape index (κ2) is 5.98. The number of rotatable bonds is 4. The second-order valence-electron chi connectivity index (χ2n) is 5.16. The van der Waals surface area contributed by atoms with Gasteiger partial charge in [0.05, 0.1) is 0 Å². The average Bonchev–Trinajstić information content (AvgIpc) is 2.54. The maximum Gasteiger partial charge on any atom is 0.132 e. The number of hydrogen-bond donors (Lipinski definition) is 1. The molecule has 0 amide bonds. The van der Waals surface area contributed by atoms with Gasteiger partial charge in [-0.05, 0) is 35.4 Å². The summed E-state index contributed by atoms with van der Waals surface area (Å²) >= 11 is 0. The standard InChI is InChI=1S/C19H19NO/c1-2-18(20)17-9-5-6-10-19(17)21-16-12-11-14-7-3-4-8-15(14)13-16/h3-13,18H,2,20H2,1H3/t18-/m1/s1. The molecule has 0 saturated carbocycles. The largest absolute Gasteiger partial charge is 0.457 e. The molecule has 2 nitrogen and oxygen atoms in total. The molecule has 0 aromatic heterocycles. The molecule has 106 valence electrons. The van der Waals surface area contributed by atoms with E-state index in [0.29, 0.717) is 0 Å². The van der Waals surface area contributed by atoms with Gasteiger partial charge in [-0.3, -0.25) is 0 Å². The van der Waals surface area contributed by atoms with Crippen LogP contribution in [0.25, 0.3) is 10.8 Å². The molecule has 2 N–H and O–H groups in total. The van der Waals surface area contributed by atoms with Crippen molar-refractivity contribution < 1.29 is 4.74 Å². The molecule has 0 aliphatic heterocycles. The zero-order valence-electron chi connectivity index (χ0n) is 12.1. The Balaban J connectivity index is 1.95. The molecule has 0 spiro atoms. The second-order valence-corrected chi connectivity index (χ2v) is 5.16. The van der Waals surface area contributed by atoms with Gasteiger partial charge in [-0.1, -0.05) is 55.5 Å². The minimum atomic E-state index is 0.00153. The van der Waals surface area contributed by atoms with Crippen molar-refractivity contribution in [3.8, 4) is 11.5 Å². The summed E-state index contributed by atoms with van der Waals surface area (Å²) in [5.74, 6) is 1.67. The van der Waals surface area contributed by atoms with Gasteiger partial charge in [0, 0.05) is 11.6 Å². The summed E-state index contributed by atoms with van der Waals surface area (Å²) in [6, 6.07) is 22.4. The van der Waals surface area contributed by atoms with E-state index >= 15 is 0 Å². The fourth-order valence-electron chi connectivity index (χ4n) is 2.46. The van der Waals surface area contributed by atoms with Crippen LogP contribution < -0.4 is 10.5 Å². The van der Waals surface area contributed by atoms with Crippen molar-refractivity contribution in [2.75, 3.05) is 0 Å². The first kappa shape index (κ1) is 13.7. The Morgan fingerprint density at radius 1 is 0.905 bits per heavy atom. The SMILES string of the molecule is CC[C@@H](N)c1ccccc1Oc1ccc2ccccc2c1. The van der Waals surface area contributed by atoms with Crippen LogP contribution >= 0.6 is 0 Å². The smallest absolute Gasteiger partial charge is 0.132 e. The molecular weight excluding hydrogens is 258 g/mol. The van der Waals surface area contributed by atoms with Crippen LogP contribution in [0, 0.1) is 0 Å². The van der Waals surface area contributed by atoms with Gasteiger partial charge in [-0.2, -0.15) is 0 Å². The highest BCUT2D eigenvalue weighted by Gasteiger charge is 2.10. The van der Waals surface area contributed by atoms with Crippen LogP contribution in [0.2, 0.25) is 0 Å². The van der Waals surface area contributed by atoms with Crippen LogP contribution in [0.4, 0.5) is 0 Å². The van der Waals surface area contributed by atoms with Gasteiger partial charge in [-0.15, -0.1) is 0 Å². The normalized spacial score (nSPS) is 12.3. The van der Waals surface area contributed by atoms with Gasteiger partial charge in [0.1, 0.15) is 11.5 Å². The quantitative estimate of drug-likeness (QED) is 0.725. The minimum Gasteiger partial charge on any atom is -0.457 e. The molecule has 0 aliphatic rings. The first-order chi connectivity index (χ1) is 10.3. The van der Waals surface area contributed by atoms with Gasteiger partial charge in [0.15, 0.2) is 0 Å². The molecule has 1 atom stereocenters. The number of para-hydroxylation sites is 1. The number of benzene rings is 3. The zero-order chi connectivity index (χ0) is 14.7. The van der Waals surface area contributed by atoms with Crippen molar-refractivity contribution in [1.29, 1.82) is 0 Å². The summed E-state index contributed by atoms with van der Waals surface area (Å²) in [6.45, 7) is 2.08. The monoisotopic (exact) mass is 277 g/mol. The van der Waals surface area contributed by atoms with E-state index in [-0.39, 0.29) is 6.04 Å². The molecule has 3 aromatic rings. The van der Waals surface area contributed by atoms with Crippen molar-refractivity contribution in [2.24, 2.45) is 5.73 Å². The van der Waals surface area contributed by atoms with Crippen LogP contribution in [-0.2, 0) is 0 Å². The van der Waals surface area contributed by atoms with E-state index in [0.717, 1.165) is 23.5 Å². The topological polar surface area (TPSA) is 35.2 Å². The Bertz CT molecular complexity index is 751. The third kappa shape index (κ3) is 2.91. The fourth-order valence-corrected chi connectivity index (χ4v) is 2.46. The van der Waals surface area contributed by atoms with Crippen molar-refractivity contribution in [1.82, 2.24) is 0 Å². The fraction of sp³-hybridized carbons (Fsp3) is 0.158. The van der Waals surface area contributed by atoms with Gasteiger partial charge in [0.2, 0.25) is 0 Å². The molecule has 21 heavy (non-hydrogen) atoms. The zero-order valence-corrected chi connectivity index (χ0v) is 12.1. The van der Waals surface area contributed by atoms with E-state index < -0.39 is 0 Å². The predicted octanol–water partition coefficient (Wildman–Crippen LogP) is 5.04. The third-order valence-electron chi connectivity index (χ3n) is 3.71. The van der Waals surface area contributed by atoms with Gasteiger partial charge < -0.3 is 10.5 Å². The van der Waals surface area contributed by atoms with Crippen molar-refractivity contribution in [3.05, 3.63) is 72.3 Å². The number of hydrogen-bond acceptors (Lipinski definition) is 2. The Hall–Kier alpha value is -2.32. The summed E-state index contributed by atoms with van der Waals surface area (Å²) in [5.41, 5.74) is 7.21. The Morgan fingerprint density at radius 2 is 1.62 bits per heavy atom. The Labute approximate surface area is 125 Å². The molecule has 0 bridgehead atoms. The highest BCUT2D eigenvalue weighted by Crippen LogP contribution is 2.31. The molecule has 0 saturated heterocycles. The maximum absolute atomic E-state index is 6.16. The molecule has 0 aliphatic carbocycles. The van der Waals surface area contributed by atoms with Gasteiger partial charge >= 0.3 is 0 Å². The molecule has 2 heteroatoms. The summed E-state index contributed by atoms with van der Waals surface area (Å²) < 4.78 is 6.06. The van der Waals surface area contributed by atoms with Crippen molar-refractivity contribution in [3.63, 3.8) is 0 Å². The summed E-state index contributed by atoms with van der Waals surface area (Å²) in [5, 5.41) is 2.38. The third-order valence-corrected chi connectivity index (χ3v) is 3.71. The lowest BCUT2D eigenvalue weighted by Crippen LogP contribution is -2.09. The molecule has 0 unspecified atom stereocenters. The predicted molar refractivity (Wildman–Crippen MR) is 87.7 cm³/mol. The van der Waals surface area contributed by atoms with E-state index in [1.165, 1.54) is 10.8 Å². The van der Waals surface area contributed by atoms with E-state index in [4.69, 9.17) is 10.5 Å². The summed E-state index contributed by atoms with van der Waals surface area (Å²) in [4.78, 5) is 0. The number of nitrogens with two attached hydrogens (primary N) is 1. The summed E-state index contributed by atoms with van der Waals surface area (Å²) in [7, 11) is 0. The highest BCUT2D eigenvalue weighted by molar-refractivity contribution is 5.83. The minimum absolute atomic E-state index is 0.00153. The highest BCUT2D eigenvalue weighted by atomic mass is 16.5. The molecule has 0 radical (unpaired) electrons. The first-order valence-corrected chi connectivity index (χ1v) is 7.29. The lowest BCUT2D eigenvalue weighted by molar-refractivity contribution is 0.469. The number of ether oxygens (including phenoxy) is 1. The van der Waals surface area contributed by atoms with Crippen LogP contribution in [0.15, 0.2) is 66.7 Å². The van der Waals surface area contributed by atoms with E-state index in [1.54, 1.807) is 0 Å². The van der Waals surface area contributed by atoms with Crippen molar-refractivity contribution >= 4 is 10.8 Å². The van der Waals surface area contributed by atoms with Crippen LogP contribution in [0.1, 0.15) is 24.9 Å². The average molecular weight is 277 g/mol. The lowest BCUT2D eigenvalue weighted by atomic mass is 10.0. The van der Waals surface area contributed by atoms with E-state index in [1.807, 2.05) is 42.5 Å². The molecular formula is C19H19NO.